The van der Waals surface area contributed by atoms with Gasteiger partial charge >= 0.3 is 6.55 Å². The lowest BCUT2D eigenvalue weighted by Gasteiger charge is -2.33. The molecule has 2 aliphatic heterocycles. The van der Waals surface area contributed by atoms with Crippen LogP contribution in [0.15, 0.2) is 57.8 Å². The molecule has 1 aromatic carbocycles. The maximum absolute atomic E-state index is 13.0. The molecule has 0 bridgehead atoms. The van der Waals surface area contributed by atoms with Crippen molar-refractivity contribution in [2.24, 2.45) is 10.1 Å². The van der Waals surface area contributed by atoms with Crippen LogP contribution in [0.2, 0.25) is 5.02 Å². The first-order valence-corrected chi connectivity index (χ1v) is 13.2. The Bertz CT molecular complexity index is 1330. The summed E-state index contributed by atoms with van der Waals surface area (Å²) in [6, 6.07) is 4.07. The van der Waals surface area contributed by atoms with Gasteiger partial charge in [-0.2, -0.15) is 21.9 Å². The Morgan fingerprint density at radius 1 is 1.43 bits per heavy atom. The van der Waals surface area contributed by atoms with Crippen molar-refractivity contribution in [2.45, 2.75) is 32.0 Å². The van der Waals surface area contributed by atoms with E-state index in [4.69, 9.17) is 27.1 Å². The Labute approximate surface area is 210 Å². The fraction of sp³-hybridized carbons (Fsp3) is 0.286. The van der Waals surface area contributed by atoms with Crippen LogP contribution >= 0.6 is 22.9 Å². The average Bonchev–Trinajstić information content (AvgIpc) is 3.43. The van der Waals surface area contributed by atoms with Gasteiger partial charge in [0.05, 0.1) is 0 Å². The lowest BCUT2D eigenvalue weighted by molar-refractivity contribution is 0.125. The molecule has 0 amide bonds. The van der Waals surface area contributed by atoms with E-state index in [0.29, 0.717) is 32.7 Å². The molecule has 186 valence electrons. The normalized spacial score (nSPS) is 20.8. The van der Waals surface area contributed by atoms with Crippen molar-refractivity contribution in [3.8, 4) is 0 Å². The quantitative estimate of drug-likeness (QED) is 0.301. The number of aliphatic imine (C=N–C) groups is 1. The van der Waals surface area contributed by atoms with Gasteiger partial charge in [0, 0.05) is 64.9 Å². The third-order valence-corrected chi connectivity index (χ3v) is 7.25. The SMILES string of the molecule is Cc1ccc([C@@H]2N=C(c3nccs3)N3C[C@@H](NS(N)(=O)=O)CC3=C2/C(C=N)=C/NC(F)F)c(Cl)c1. The zero-order valence-corrected chi connectivity index (χ0v) is 20.8. The molecule has 5 N–H and O–H groups in total. The molecule has 0 aliphatic carbocycles. The first kappa shape index (κ1) is 25.4. The Kier molecular flexibility index (Phi) is 7.33. The van der Waals surface area contributed by atoms with Crippen LogP contribution < -0.4 is 15.2 Å². The second-order valence-electron chi connectivity index (χ2n) is 7.96. The number of amidine groups is 1. The number of benzene rings is 1. The van der Waals surface area contributed by atoms with Crippen LogP contribution in [-0.4, -0.2) is 49.5 Å². The van der Waals surface area contributed by atoms with E-state index in [1.807, 2.05) is 18.3 Å². The van der Waals surface area contributed by atoms with Crippen molar-refractivity contribution in [3.05, 3.63) is 74.0 Å². The Balaban J connectivity index is 1.94. The fourth-order valence-corrected chi connectivity index (χ4v) is 5.79. The largest absolute Gasteiger partial charge is 0.336 e. The van der Waals surface area contributed by atoms with Crippen molar-refractivity contribution < 1.29 is 17.2 Å². The van der Waals surface area contributed by atoms with Crippen molar-refractivity contribution in [2.75, 3.05) is 6.54 Å². The van der Waals surface area contributed by atoms with E-state index in [1.165, 1.54) is 11.3 Å². The van der Waals surface area contributed by atoms with Gasteiger partial charge in [0.2, 0.25) is 0 Å². The molecule has 1 aromatic heterocycles. The molecular weight excluding hydrogens is 520 g/mol. The van der Waals surface area contributed by atoms with Crippen molar-refractivity contribution in [1.82, 2.24) is 19.9 Å². The summed E-state index contributed by atoms with van der Waals surface area (Å²) < 4.78 is 51.9. The number of thiazole rings is 1. The number of aromatic nitrogens is 1. The highest BCUT2D eigenvalue weighted by atomic mass is 35.5. The Morgan fingerprint density at radius 2 is 2.20 bits per heavy atom. The minimum atomic E-state index is -4.01. The molecule has 3 heterocycles. The lowest BCUT2D eigenvalue weighted by atomic mass is 9.89. The standard InChI is InChI=1S/C21H22ClF2N7O2S2/c1-11-2-3-14(15(22)6-11)18-17(12(8-25)9-28-21(23)24)16-7-13(30-35(26,32)33)10-31(16)19(29-18)20-27-4-5-34-20/h2-6,8-9,13,18,21,25,28,30H,7,10H2,1H3,(H2,26,32,33)/b12-9+,25-8?/t13-,18-/m0/s1. The lowest BCUT2D eigenvalue weighted by Crippen LogP contribution is -2.42. The monoisotopic (exact) mass is 541 g/mol. The Hall–Kier alpha value is -2.71. The van der Waals surface area contributed by atoms with Gasteiger partial charge in [0.25, 0.3) is 10.2 Å². The van der Waals surface area contributed by atoms with Crippen molar-refractivity contribution in [3.63, 3.8) is 0 Å². The molecule has 9 nitrogen and oxygen atoms in total. The van der Waals surface area contributed by atoms with Gasteiger partial charge in [-0.25, -0.2) is 10.1 Å². The molecule has 4 rings (SSSR count). The number of hydrogen-bond donors (Lipinski definition) is 4. The van der Waals surface area contributed by atoms with Gasteiger partial charge in [0.15, 0.2) is 10.8 Å². The summed E-state index contributed by atoms with van der Waals surface area (Å²) in [6.45, 7) is -0.764. The van der Waals surface area contributed by atoms with Crippen LogP contribution in [0.5, 0.6) is 0 Å². The van der Waals surface area contributed by atoms with Gasteiger partial charge < -0.3 is 15.6 Å². The molecule has 0 spiro atoms. The molecular formula is C21H22ClF2N7O2S2. The second-order valence-corrected chi connectivity index (χ2v) is 10.6. The number of aryl methyl sites for hydroxylation is 1. The summed E-state index contributed by atoms with van der Waals surface area (Å²) in [6.07, 6.45) is 3.82. The van der Waals surface area contributed by atoms with Crippen LogP contribution in [0.25, 0.3) is 0 Å². The van der Waals surface area contributed by atoms with E-state index in [2.05, 4.69) is 9.71 Å². The van der Waals surface area contributed by atoms with Gasteiger partial charge in [-0.05, 0) is 24.1 Å². The Morgan fingerprint density at radius 3 is 2.80 bits per heavy atom. The molecule has 2 aromatic rings. The smallest absolute Gasteiger partial charge is 0.312 e. The zero-order chi connectivity index (χ0) is 25.3. The van der Waals surface area contributed by atoms with Crippen LogP contribution in [0.3, 0.4) is 0 Å². The second kappa shape index (κ2) is 10.1. The summed E-state index contributed by atoms with van der Waals surface area (Å²) in [5.74, 6) is 0.491. The van der Waals surface area contributed by atoms with Gasteiger partial charge in [-0.1, -0.05) is 23.7 Å². The fourth-order valence-electron chi connectivity index (χ4n) is 4.19. The third kappa shape index (κ3) is 5.59. The molecule has 0 saturated carbocycles. The number of fused-ring (bicyclic) bond motifs is 1. The number of nitrogens with one attached hydrogen (secondary N) is 3. The summed E-state index contributed by atoms with van der Waals surface area (Å²) in [5.41, 5.74) is 2.76. The summed E-state index contributed by atoms with van der Waals surface area (Å²) >= 11 is 7.95. The molecule has 0 unspecified atom stereocenters. The van der Waals surface area contributed by atoms with Gasteiger partial charge in [-0.15, -0.1) is 11.3 Å². The topological polar surface area (TPSA) is 137 Å². The van der Waals surface area contributed by atoms with E-state index < -0.39 is 28.8 Å². The predicted octanol–water partition coefficient (Wildman–Crippen LogP) is 3.07. The number of hydrogen-bond acceptors (Lipinski definition) is 8. The van der Waals surface area contributed by atoms with E-state index in [-0.39, 0.29) is 18.5 Å². The van der Waals surface area contributed by atoms with Crippen molar-refractivity contribution >= 4 is 45.2 Å². The zero-order valence-electron chi connectivity index (χ0n) is 18.4. The maximum Gasteiger partial charge on any atom is 0.312 e. The molecule has 14 heteroatoms. The maximum atomic E-state index is 13.0. The minimum absolute atomic E-state index is 0.158. The highest BCUT2D eigenvalue weighted by Gasteiger charge is 2.41. The average molecular weight is 542 g/mol. The molecule has 35 heavy (non-hydrogen) atoms. The highest BCUT2D eigenvalue weighted by Crippen LogP contribution is 2.44. The summed E-state index contributed by atoms with van der Waals surface area (Å²) in [7, 11) is -4.01. The van der Waals surface area contributed by atoms with E-state index in [9.17, 15) is 17.2 Å². The van der Waals surface area contributed by atoms with E-state index >= 15 is 0 Å². The molecule has 2 aliphatic rings. The molecule has 2 atom stereocenters. The van der Waals surface area contributed by atoms with Crippen LogP contribution in [0, 0.1) is 12.3 Å². The molecule has 1 fully saturated rings. The molecule has 1 saturated heterocycles. The van der Waals surface area contributed by atoms with Crippen LogP contribution in [-0.2, 0) is 10.2 Å². The number of alkyl halides is 2. The third-order valence-electron chi connectivity index (χ3n) is 5.50. The summed E-state index contributed by atoms with van der Waals surface area (Å²) in [5, 5.41) is 17.9. The van der Waals surface area contributed by atoms with Crippen LogP contribution in [0.4, 0.5) is 8.78 Å². The minimum Gasteiger partial charge on any atom is -0.336 e. The van der Waals surface area contributed by atoms with E-state index in [1.54, 1.807) is 28.6 Å². The first-order chi connectivity index (χ1) is 16.6. The number of halogens is 3. The van der Waals surface area contributed by atoms with Gasteiger partial charge in [0.1, 0.15) is 6.04 Å². The van der Waals surface area contributed by atoms with Gasteiger partial charge in [-0.3, -0.25) is 4.99 Å². The van der Waals surface area contributed by atoms with E-state index in [0.717, 1.165) is 18.0 Å². The number of rotatable bonds is 8. The summed E-state index contributed by atoms with van der Waals surface area (Å²) in [4.78, 5) is 11.1. The predicted molar refractivity (Wildman–Crippen MR) is 132 cm³/mol. The molecule has 0 radical (unpaired) electrons. The highest BCUT2D eigenvalue weighted by molar-refractivity contribution is 7.87. The number of nitrogens with zero attached hydrogens (tertiary/aromatic N) is 3. The van der Waals surface area contributed by atoms with Crippen molar-refractivity contribution in [1.29, 1.82) is 5.41 Å². The first-order valence-electron chi connectivity index (χ1n) is 10.4. The van der Waals surface area contributed by atoms with Crippen LogP contribution in [0.1, 0.15) is 28.6 Å². The number of nitrogens with two attached hydrogens (primary N) is 1.